The molecule has 1 aromatic rings. The van der Waals surface area contributed by atoms with Gasteiger partial charge < -0.3 is 10.2 Å². The Bertz CT molecular complexity index is 498. The summed E-state index contributed by atoms with van der Waals surface area (Å²) in [6.07, 6.45) is 0. The number of Topliss-reactive ketones (excluding diaryl/α,β-unsaturated/α-hetero) is 1. The van der Waals surface area contributed by atoms with Gasteiger partial charge in [0.05, 0.1) is 11.3 Å². The molecule has 2 rings (SSSR count). The highest BCUT2D eigenvalue weighted by Gasteiger charge is 2.27. The second kappa shape index (κ2) is 6.21. The maximum Gasteiger partial charge on any atom is 0.296 e. The molecule has 1 aromatic carbocycles. The second-order valence-electron chi connectivity index (χ2n) is 4.37. The zero-order chi connectivity index (χ0) is 13.8. The van der Waals surface area contributed by atoms with Gasteiger partial charge in [-0.3, -0.25) is 9.59 Å². The average Bonchev–Trinajstić information content (AvgIpc) is 2.70. The van der Waals surface area contributed by atoms with Crippen molar-refractivity contribution in [2.45, 2.75) is 18.7 Å². The van der Waals surface area contributed by atoms with Crippen LogP contribution >= 0.6 is 11.8 Å². The maximum absolute atomic E-state index is 11.5. The molecular weight excluding hydrogens is 260 g/mol. The highest BCUT2D eigenvalue weighted by atomic mass is 32.2. The topological polar surface area (TPSA) is 49.4 Å². The first kappa shape index (κ1) is 14.1. The summed E-state index contributed by atoms with van der Waals surface area (Å²) in [6.45, 7) is 7.48. The Kier molecular flexibility index (Phi) is 4.61. The summed E-state index contributed by atoms with van der Waals surface area (Å²) < 4.78 is 0. The predicted octanol–water partition coefficient (Wildman–Crippen LogP) is 2.26. The van der Waals surface area contributed by atoms with Gasteiger partial charge in [0.2, 0.25) is 0 Å². The quantitative estimate of drug-likeness (QED) is 0.640. The molecular formula is C14H18N2O2S. The molecule has 19 heavy (non-hydrogen) atoms. The van der Waals surface area contributed by atoms with Crippen molar-refractivity contribution < 1.29 is 9.59 Å². The molecule has 0 radical (unpaired) electrons. The number of carbonyl (C=O) groups is 2. The van der Waals surface area contributed by atoms with E-state index in [1.807, 2.05) is 12.1 Å². The van der Waals surface area contributed by atoms with E-state index in [1.165, 1.54) is 0 Å². The number of nitrogens with zero attached hydrogens (tertiary/aromatic N) is 1. The van der Waals surface area contributed by atoms with Crippen molar-refractivity contribution in [1.82, 2.24) is 4.90 Å². The van der Waals surface area contributed by atoms with Crippen molar-refractivity contribution in [2.24, 2.45) is 0 Å². The summed E-state index contributed by atoms with van der Waals surface area (Å²) >= 11 is 1.74. The van der Waals surface area contributed by atoms with Crippen molar-refractivity contribution in [3.05, 3.63) is 23.8 Å². The van der Waals surface area contributed by atoms with Gasteiger partial charge in [0.1, 0.15) is 0 Å². The van der Waals surface area contributed by atoms with E-state index in [1.54, 1.807) is 17.8 Å². The van der Waals surface area contributed by atoms with Gasteiger partial charge in [0.25, 0.3) is 11.7 Å². The van der Waals surface area contributed by atoms with Gasteiger partial charge in [0.15, 0.2) is 0 Å². The molecule has 0 spiro atoms. The molecule has 0 aliphatic carbocycles. The molecule has 0 bridgehead atoms. The molecule has 1 aliphatic rings. The number of rotatable bonds is 6. The number of hydrogen-bond donors (Lipinski definition) is 1. The number of ketones is 1. The molecule has 0 fully saturated rings. The minimum Gasteiger partial charge on any atom is -0.318 e. The highest BCUT2D eigenvalue weighted by Crippen LogP contribution is 2.28. The van der Waals surface area contributed by atoms with E-state index in [-0.39, 0.29) is 0 Å². The molecule has 0 aromatic heterocycles. The molecule has 102 valence electrons. The predicted molar refractivity (Wildman–Crippen MR) is 77.9 cm³/mol. The van der Waals surface area contributed by atoms with E-state index in [9.17, 15) is 9.59 Å². The number of anilines is 1. The minimum absolute atomic E-state index is 0.435. The molecule has 0 saturated heterocycles. The van der Waals surface area contributed by atoms with Gasteiger partial charge in [-0.2, -0.15) is 0 Å². The zero-order valence-electron chi connectivity index (χ0n) is 11.2. The summed E-state index contributed by atoms with van der Waals surface area (Å²) in [5, 5.41) is 2.60. The Morgan fingerprint density at radius 2 is 1.95 bits per heavy atom. The summed E-state index contributed by atoms with van der Waals surface area (Å²) in [6, 6.07) is 5.52. The third-order valence-corrected chi connectivity index (χ3v) is 4.23. The molecule has 0 unspecified atom stereocenters. The Hall–Kier alpha value is -1.33. The first-order valence-electron chi connectivity index (χ1n) is 6.50. The van der Waals surface area contributed by atoms with Crippen LogP contribution in [0.2, 0.25) is 0 Å². The largest absolute Gasteiger partial charge is 0.318 e. The van der Waals surface area contributed by atoms with Crippen LogP contribution < -0.4 is 5.32 Å². The van der Waals surface area contributed by atoms with Crippen LogP contribution in [0.4, 0.5) is 5.69 Å². The molecule has 0 atom stereocenters. The molecule has 5 heteroatoms. The van der Waals surface area contributed by atoms with Crippen molar-refractivity contribution in [3.63, 3.8) is 0 Å². The van der Waals surface area contributed by atoms with Crippen molar-refractivity contribution in [1.29, 1.82) is 0 Å². The minimum atomic E-state index is -0.528. The van der Waals surface area contributed by atoms with Gasteiger partial charge in [-0.05, 0) is 31.3 Å². The Labute approximate surface area is 117 Å². The highest BCUT2D eigenvalue weighted by molar-refractivity contribution is 7.99. The van der Waals surface area contributed by atoms with E-state index in [0.717, 1.165) is 30.3 Å². The number of amides is 1. The molecule has 1 aliphatic heterocycles. The smallest absolute Gasteiger partial charge is 0.296 e. The average molecular weight is 278 g/mol. The van der Waals surface area contributed by atoms with E-state index < -0.39 is 11.7 Å². The normalized spacial score (nSPS) is 13.8. The van der Waals surface area contributed by atoms with Gasteiger partial charge in [0, 0.05) is 17.2 Å². The van der Waals surface area contributed by atoms with Crippen LogP contribution in [0.15, 0.2) is 23.1 Å². The van der Waals surface area contributed by atoms with E-state index >= 15 is 0 Å². The van der Waals surface area contributed by atoms with E-state index in [0.29, 0.717) is 11.3 Å². The molecule has 1 heterocycles. The van der Waals surface area contributed by atoms with E-state index in [2.05, 4.69) is 24.1 Å². The number of carbonyl (C=O) groups excluding carboxylic acids is 2. The summed E-state index contributed by atoms with van der Waals surface area (Å²) in [7, 11) is 0. The Balaban J connectivity index is 1.95. The fourth-order valence-electron chi connectivity index (χ4n) is 2.05. The lowest BCUT2D eigenvalue weighted by molar-refractivity contribution is -0.112. The fraction of sp³-hybridized carbons (Fsp3) is 0.429. The van der Waals surface area contributed by atoms with Crippen LogP contribution in [0.1, 0.15) is 24.2 Å². The van der Waals surface area contributed by atoms with Crippen molar-refractivity contribution in [3.8, 4) is 0 Å². The summed E-state index contributed by atoms with van der Waals surface area (Å²) in [5.41, 5.74) is 1.13. The number of thioether (sulfide) groups is 1. The standard InChI is InChI=1S/C14H18N2O2S/c1-3-16(4-2)7-8-19-10-5-6-11-12(9-10)15-14(18)13(11)17/h5-6,9H,3-4,7-8H2,1-2H3,(H,15,17,18). The zero-order valence-corrected chi connectivity index (χ0v) is 12.0. The molecule has 4 nitrogen and oxygen atoms in total. The second-order valence-corrected chi connectivity index (χ2v) is 5.53. The molecule has 1 N–H and O–H groups in total. The first-order valence-corrected chi connectivity index (χ1v) is 7.49. The number of benzene rings is 1. The number of fused-ring (bicyclic) bond motifs is 1. The van der Waals surface area contributed by atoms with Crippen LogP contribution in [-0.2, 0) is 4.79 Å². The monoisotopic (exact) mass is 278 g/mol. The lowest BCUT2D eigenvalue weighted by atomic mass is 10.1. The lowest BCUT2D eigenvalue weighted by Gasteiger charge is -2.17. The maximum atomic E-state index is 11.5. The Morgan fingerprint density at radius 3 is 2.63 bits per heavy atom. The van der Waals surface area contributed by atoms with Crippen LogP contribution in [0.3, 0.4) is 0 Å². The lowest BCUT2D eigenvalue weighted by Crippen LogP contribution is -2.25. The third kappa shape index (κ3) is 3.16. The van der Waals surface area contributed by atoms with Crippen molar-refractivity contribution >= 4 is 29.1 Å². The first-order chi connectivity index (χ1) is 9.15. The van der Waals surface area contributed by atoms with Gasteiger partial charge >= 0.3 is 0 Å². The van der Waals surface area contributed by atoms with Crippen LogP contribution in [-0.4, -0.2) is 42.0 Å². The summed E-state index contributed by atoms with van der Waals surface area (Å²) in [5.74, 6) is 0.0394. The van der Waals surface area contributed by atoms with Crippen LogP contribution in [0.25, 0.3) is 0 Å². The van der Waals surface area contributed by atoms with Gasteiger partial charge in [-0.15, -0.1) is 11.8 Å². The van der Waals surface area contributed by atoms with Gasteiger partial charge in [-0.25, -0.2) is 0 Å². The summed E-state index contributed by atoms with van der Waals surface area (Å²) in [4.78, 5) is 26.2. The van der Waals surface area contributed by atoms with Gasteiger partial charge in [-0.1, -0.05) is 13.8 Å². The molecule has 1 amide bonds. The van der Waals surface area contributed by atoms with E-state index in [4.69, 9.17) is 0 Å². The SMILES string of the molecule is CCN(CC)CCSc1ccc2c(c1)NC(=O)C2=O. The van der Waals surface area contributed by atoms with Crippen LogP contribution in [0.5, 0.6) is 0 Å². The Morgan fingerprint density at radius 1 is 1.21 bits per heavy atom. The number of hydrogen-bond acceptors (Lipinski definition) is 4. The van der Waals surface area contributed by atoms with Crippen LogP contribution in [0, 0.1) is 0 Å². The third-order valence-electron chi connectivity index (χ3n) is 3.26. The fourth-order valence-corrected chi connectivity index (χ4v) is 3.00. The number of nitrogens with one attached hydrogen (secondary N) is 1. The molecule has 0 saturated carbocycles. The van der Waals surface area contributed by atoms with Crippen molar-refractivity contribution in [2.75, 3.05) is 30.7 Å².